The molecule has 0 atom stereocenters. The fraction of sp³-hybridized carbons (Fsp3) is 0.647. The van der Waals surface area contributed by atoms with E-state index in [9.17, 15) is 4.79 Å². The van der Waals surface area contributed by atoms with Crippen molar-refractivity contribution in [1.29, 1.82) is 0 Å². The van der Waals surface area contributed by atoms with Gasteiger partial charge < -0.3 is 10.1 Å². The van der Waals surface area contributed by atoms with Crippen molar-refractivity contribution >= 4 is 11.8 Å². The summed E-state index contributed by atoms with van der Waals surface area (Å²) in [7, 11) is 0. The molecule has 1 aliphatic rings. The highest BCUT2D eigenvalue weighted by atomic mass is 16.5. The van der Waals surface area contributed by atoms with Crippen molar-refractivity contribution in [2.45, 2.75) is 65.3 Å². The zero-order chi connectivity index (χ0) is 16.3. The highest BCUT2D eigenvalue weighted by Crippen LogP contribution is 2.37. The van der Waals surface area contributed by atoms with Gasteiger partial charge in [-0.15, -0.1) is 0 Å². The van der Waals surface area contributed by atoms with Crippen LogP contribution in [0.3, 0.4) is 0 Å². The maximum Gasteiger partial charge on any atom is 0.354 e. The van der Waals surface area contributed by atoms with Crippen LogP contribution >= 0.6 is 0 Å². The van der Waals surface area contributed by atoms with Crippen molar-refractivity contribution in [1.82, 2.24) is 9.78 Å². The van der Waals surface area contributed by atoms with Gasteiger partial charge in [0.05, 0.1) is 17.8 Å². The van der Waals surface area contributed by atoms with E-state index in [2.05, 4.69) is 32.2 Å². The van der Waals surface area contributed by atoms with Crippen LogP contribution in [-0.2, 0) is 15.1 Å². The van der Waals surface area contributed by atoms with Crippen molar-refractivity contribution in [3.05, 3.63) is 23.5 Å². The lowest BCUT2D eigenvalue weighted by atomic mass is 9.83. The first-order valence-electron chi connectivity index (χ1n) is 8.07. The van der Waals surface area contributed by atoms with E-state index >= 15 is 0 Å². The molecular weight excluding hydrogens is 278 g/mol. The van der Waals surface area contributed by atoms with Crippen LogP contribution in [0.15, 0.2) is 17.8 Å². The fourth-order valence-electron chi connectivity index (χ4n) is 2.49. The first kappa shape index (κ1) is 16.6. The fourth-order valence-corrected chi connectivity index (χ4v) is 2.49. The molecule has 5 heteroatoms. The highest BCUT2D eigenvalue weighted by molar-refractivity contribution is 5.91. The van der Waals surface area contributed by atoms with E-state index in [1.807, 2.05) is 11.6 Å². The number of hydrogen-bond acceptors (Lipinski definition) is 4. The predicted molar refractivity (Wildman–Crippen MR) is 87.8 cm³/mol. The molecule has 5 nitrogen and oxygen atoms in total. The van der Waals surface area contributed by atoms with E-state index in [1.54, 1.807) is 13.0 Å². The van der Waals surface area contributed by atoms with Crippen molar-refractivity contribution in [2.24, 2.45) is 0 Å². The third kappa shape index (κ3) is 3.51. The zero-order valence-electron chi connectivity index (χ0n) is 14.3. The first-order valence-corrected chi connectivity index (χ1v) is 8.07. The summed E-state index contributed by atoms with van der Waals surface area (Å²) in [6, 6.07) is 2.07. The number of ether oxygens (including phenoxy) is 1. The van der Waals surface area contributed by atoms with Gasteiger partial charge in [0.15, 0.2) is 0 Å². The van der Waals surface area contributed by atoms with Crippen LogP contribution in [0.1, 0.15) is 65.5 Å². The van der Waals surface area contributed by atoms with E-state index in [-0.39, 0.29) is 11.5 Å². The molecule has 0 radical (unpaired) electrons. The highest BCUT2D eigenvalue weighted by Gasteiger charge is 2.27. The summed E-state index contributed by atoms with van der Waals surface area (Å²) < 4.78 is 7.04. The summed E-state index contributed by atoms with van der Waals surface area (Å²) in [5.41, 5.74) is 1.41. The molecule has 0 saturated heterocycles. The molecule has 0 aliphatic heterocycles. The van der Waals surface area contributed by atoms with Gasteiger partial charge in [-0.1, -0.05) is 12.5 Å². The van der Waals surface area contributed by atoms with Gasteiger partial charge in [-0.3, -0.25) is 0 Å². The van der Waals surface area contributed by atoms with Gasteiger partial charge in [-0.2, -0.15) is 5.10 Å². The van der Waals surface area contributed by atoms with Crippen LogP contribution < -0.4 is 5.32 Å². The van der Waals surface area contributed by atoms with Crippen LogP contribution in [0.5, 0.6) is 0 Å². The smallest absolute Gasteiger partial charge is 0.354 e. The molecule has 1 fully saturated rings. The molecule has 0 amide bonds. The Bertz CT molecular complexity index is 563. The standard InChI is InChI=1S/C17H27N3O2/c1-6-13(16(21)22-7-2)18-15-11-14(12-9-8-10-12)19-20(15)17(3,4)5/h6,11-12,18H,7-10H2,1-5H3/b13-6+. The molecular formula is C17H27N3O2. The quantitative estimate of drug-likeness (QED) is 0.664. The number of rotatable bonds is 5. The Kier molecular flexibility index (Phi) is 4.94. The zero-order valence-corrected chi connectivity index (χ0v) is 14.3. The molecule has 0 aromatic carbocycles. The maximum atomic E-state index is 12.0. The lowest BCUT2D eigenvalue weighted by Crippen LogP contribution is -2.26. The Labute approximate surface area is 132 Å². The van der Waals surface area contributed by atoms with E-state index in [0.717, 1.165) is 11.5 Å². The van der Waals surface area contributed by atoms with Gasteiger partial charge in [0.25, 0.3) is 0 Å². The number of carbonyl (C=O) groups is 1. The third-order valence-electron chi connectivity index (χ3n) is 3.93. The van der Waals surface area contributed by atoms with E-state index in [1.165, 1.54) is 19.3 Å². The number of carbonyl (C=O) groups excluding carboxylic acids is 1. The van der Waals surface area contributed by atoms with Gasteiger partial charge in [-0.05, 0) is 47.5 Å². The summed E-state index contributed by atoms with van der Waals surface area (Å²) in [6.07, 6.45) is 5.42. The lowest BCUT2D eigenvalue weighted by Gasteiger charge is -2.24. The number of hydrogen-bond donors (Lipinski definition) is 1. The monoisotopic (exact) mass is 305 g/mol. The van der Waals surface area contributed by atoms with Crippen LogP contribution in [0.25, 0.3) is 0 Å². The molecule has 122 valence electrons. The summed E-state index contributed by atoms with van der Waals surface area (Å²) >= 11 is 0. The summed E-state index contributed by atoms with van der Waals surface area (Å²) in [5, 5.41) is 7.97. The second kappa shape index (κ2) is 6.55. The summed E-state index contributed by atoms with van der Waals surface area (Å²) in [6.45, 7) is 10.3. The topological polar surface area (TPSA) is 56.2 Å². The number of allylic oxidation sites excluding steroid dienone is 1. The van der Waals surface area contributed by atoms with Crippen LogP contribution in [0.4, 0.5) is 5.82 Å². The van der Waals surface area contributed by atoms with Crippen molar-refractivity contribution < 1.29 is 9.53 Å². The Morgan fingerprint density at radius 3 is 2.64 bits per heavy atom. The van der Waals surface area contributed by atoms with Gasteiger partial charge in [0, 0.05) is 12.0 Å². The van der Waals surface area contributed by atoms with Crippen LogP contribution in [0.2, 0.25) is 0 Å². The number of anilines is 1. The first-order chi connectivity index (χ1) is 10.4. The number of nitrogens with one attached hydrogen (secondary N) is 1. The Balaban J connectivity index is 2.28. The molecule has 22 heavy (non-hydrogen) atoms. The van der Waals surface area contributed by atoms with E-state index in [0.29, 0.717) is 18.2 Å². The van der Waals surface area contributed by atoms with Crippen molar-refractivity contribution in [3.8, 4) is 0 Å². The molecule has 1 saturated carbocycles. The maximum absolute atomic E-state index is 12.0. The van der Waals surface area contributed by atoms with Gasteiger partial charge in [0.2, 0.25) is 0 Å². The predicted octanol–water partition coefficient (Wildman–Crippen LogP) is 3.78. The molecule has 0 unspecified atom stereocenters. The van der Waals surface area contributed by atoms with Gasteiger partial charge in [0.1, 0.15) is 11.5 Å². The van der Waals surface area contributed by atoms with Crippen molar-refractivity contribution in [2.75, 3.05) is 11.9 Å². The summed E-state index contributed by atoms with van der Waals surface area (Å²) in [5.74, 6) is 1.06. The molecule has 1 aliphatic carbocycles. The minimum absolute atomic E-state index is 0.155. The second-order valence-electron chi connectivity index (χ2n) is 6.71. The summed E-state index contributed by atoms with van der Waals surface area (Å²) in [4.78, 5) is 12.0. The second-order valence-corrected chi connectivity index (χ2v) is 6.71. The Morgan fingerprint density at radius 2 is 2.18 bits per heavy atom. The van der Waals surface area contributed by atoms with E-state index < -0.39 is 0 Å². The number of aromatic nitrogens is 2. The SMILES string of the molecule is C/C=C(/Nc1cc(C2CCC2)nn1C(C)(C)C)C(=O)OCC. The number of esters is 1. The molecule has 1 aromatic rings. The molecule has 1 N–H and O–H groups in total. The molecule has 1 heterocycles. The normalized spacial score (nSPS) is 16.3. The molecule has 0 bridgehead atoms. The average molecular weight is 305 g/mol. The van der Waals surface area contributed by atoms with Crippen LogP contribution in [0, 0.1) is 0 Å². The minimum atomic E-state index is -0.336. The third-order valence-corrected chi connectivity index (χ3v) is 3.93. The Hall–Kier alpha value is -1.78. The lowest BCUT2D eigenvalue weighted by molar-refractivity contribution is -0.138. The molecule has 0 spiro atoms. The average Bonchev–Trinajstić information content (AvgIpc) is 2.77. The molecule has 1 aromatic heterocycles. The van der Waals surface area contributed by atoms with Crippen LogP contribution in [-0.4, -0.2) is 22.4 Å². The molecule has 2 rings (SSSR count). The van der Waals surface area contributed by atoms with Crippen molar-refractivity contribution in [3.63, 3.8) is 0 Å². The minimum Gasteiger partial charge on any atom is -0.461 e. The Morgan fingerprint density at radius 1 is 1.50 bits per heavy atom. The van der Waals surface area contributed by atoms with Gasteiger partial charge in [-0.25, -0.2) is 9.48 Å². The van der Waals surface area contributed by atoms with Gasteiger partial charge >= 0.3 is 5.97 Å². The number of nitrogens with zero attached hydrogens (tertiary/aromatic N) is 2. The largest absolute Gasteiger partial charge is 0.461 e. The van der Waals surface area contributed by atoms with E-state index in [4.69, 9.17) is 9.84 Å².